The van der Waals surface area contributed by atoms with Gasteiger partial charge in [0.25, 0.3) is 15.0 Å². The maximum Gasteiger partial charge on any atom is 0.406 e. The first-order chi connectivity index (χ1) is 9.45. The van der Waals surface area contributed by atoms with Crippen molar-refractivity contribution in [3.8, 4) is 0 Å². The molecule has 0 radical (unpaired) electrons. The van der Waals surface area contributed by atoms with Gasteiger partial charge in [-0.2, -0.15) is 13.2 Å². The lowest BCUT2D eigenvalue weighted by atomic mass is 10.3. The van der Waals surface area contributed by atoms with E-state index in [4.69, 9.17) is 10.7 Å². The van der Waals surface area contributed by atoms with Crippen LogP contribution in [0.5, 0.6) is 0 Å². The van der Waals surface area contributed by atoms with Gasteiger partial charge < -0.3 is 9.47 Å². The van der Waals surface area contributed by atoms with E-state index in [0.717, 1.165) is 19.3 Å². The van der Waals surface area contributed by atoms with Crippen LogP contribution in [0.2, 0.25) is 0 Å². The molecule has 0 unspecified atom stereocenters. The predicted molar refractivity (Wildman–Crippen MR) is 70.8 cm³/mol. The van der Waals surface area contributed by atoms with Crippen LogP contribution in [-0.2, 0) is 15.6 Å². The molecule has 0 saturated heterocycles. The van der Waals surface area contributed by atoms with Crippen molar-refractivity contribution in [1.29, 1.82) is 0 Å². The summed E-state index contributed by atoms with van der Waals surface area (Å²) in [5, 5.41) is 0. The maximum atomic E-state index is 12.3. The van der Waals surface area contributed by atoms with Crippen molar-refractivity contribution in [2.75, 3.05) is 13.6 Å². The molecule has 5 nitrogen and oxygen atoms in total. The van der Waals surface area contributed by atoms with E-state index in [1.165, 1.54) is 4.57 Å². The van der Waals surface area contributed by atoms with E-state index < -0.39 is 27.7 Å². The van der Waals surface area contributed by atoms with Crippen molar-refractivity contribution in [1.82, 2.24) is 9.47 Å². The Balaban J connectivity index is 3.16. The van der Waals surface area contributed by atoms with E-state index in [1.807, 2.05) is 0 Å². The molecule has 0 aromatic carbocycles. The van der Waals surface area contributed by atoms with Crippen molar-refractivity contribution in [2.24, 2.45) is 0 Å². The smallest absolute Gasteiger partial charge is 0.342 e. The number of hydrogen-bond donors (Lipinski definition) is 0. The van der Waals surface area contributed by atoms with E-state index >= 15 is 0 Å². The van der Waals surface area contributed by atoms with Crippen molar-refractivity contribution in [3.05, 3.63) is 18.0 Å². The summed E-state index contributed by atoms with van der Waals surface area (Å²) in [7, 11) is 2.12. The molecule has 120 valence electrons. The minimum atomic E-state index is -4.53. The molecule has 1 aromatic heterocycles. The second kappa shape index (κ2) is 6.27. The molecule has 1 amide bonds. The lowest BCUT2D eigenvalue weighted by Crippen LogP contribution is -2.36. The number of nitrogens with zero attached hydrogens (tertiary/aromatic N) is 2. The highest BCUT2D eigenvalue weighted by atomic mass is 35.7. The van der Waals surface area contributed by atoms with Gasteiger partial charge in [-0.05, 0) is 12.5 Å². The normalized spacial score (nSPS) is 12.5. The van der Waals surface area contributed by atoms with Crippen LogP contribution in [-0.4, -0.2) is 43.6 Å². The lowest BCUT2D eigenvalue weighted by Gasteiger charge is -2.19. The van der Waals surface area contributed by atoms with Crippen LogP contribution in [0.3, 0.4) is 0 Å². The van der Waals surface area contributed by atoms with Gasteiger partial charge in [-0.25, -0.2) is 8.42 Å². The second-order valence-corrected chi connectivity index (χ2v) is 7.03. The summed E-state index contributed by atoms with van der Waals surface area (Å²) < 4.78 is 60.7. The van der Waals surface area contributed by atoms with E-state index in [2.05, 4.69) is 0 Å². The number of amides is 1. The number of carbonyl (C=O) groups excluding carboxylic acids is 1. The molecule has 21 heavy (non-hydrogen) atoms. The molecule has 0 aliphatic heterocycles. The minimum Gasteiger partial charge on any atom is -0.342 e. The van der Waals surface area contributed by atoms with Crippen LogP contribution in [0.4, 0.5) is 13.2 Å². The van der Waals surface area contributed by atoms with Crippen LogP contribution >= 0.6 is 10.7 Å². The average molecular weight is 347 g/mol. The number of carbonyl (C=O) groups is 1. The van der Waals surface area contributed by atoms with Gasteiger partial charge in [0.2, 0.25) is 0 Å². The summed E-state index contributed by atoms with van der Waals surface area (Å²) in [6.07, 6.45) is -2.83. The molecule has 0 bridgehead atoms. The van der Waals surface area contributed by atoms with Crippen molar-refractivity contribution in [3.63, 3.8) is 0 Å². The molecule has 1 rings (SSSR count). The third-order valence-electron chi connectivity index (χ3n) is 2.60. The van der Waals surface area contributed by atoms with Crippen LogP contribution in [0.15, 0.2) is 17.2 Å². The van der Waals surface area contributed by atoms with E-state index in [9.17, 15) is 26.4 Å². The van der Waals surface area contributed by atoms with Gasteiger partial charge in [0.05, 0.1) is 0 Å². The van der Waals surface area contributed by atoms with Gasteiger partial charge in [0.1, 0.15) is 17.1 Å². The van der Waals surface area contributed by atoms with Gasteiger partial charge in [0.15, 0.2) is 0 Å². The standard InChI is InChI=1S/C11H14ClF3N2O3S/c1-3-4-17-6-8(21(12,19)20)5-9(17)10(18)16(2)7-11(13,14)15/h5-6H,3-4,7H2,1-2H3. The first-order valence-corrected chi connectivity index (χ1v) is 8.23. The third kappa shape index (κ3) is 4.92. The largest absolute Gasteiger partial charge is 0.406 e. The molecule has 0 spiro atoms. The van der Waals surface area contributed by atoms with E-state index in [-0.39, 0.29) is 17.1 Å². The number of aromatic nitrogens is 1. The highest BCUT2D eigenvalue weighted by Crippen LogP contribution is 2.22. The maximum absolute atomic E-state index is 12.3. The Bertz CT molecular complexity index is 625. The van der Waals surface area contributed by atoms with Gasteiger partial charge >= 0.3 is 6.18 Å². The molecule has 10 heteroatoms. The quantitative estimate of drug-likeness (QED) is 0.769. The number of hydrogen-bond acceptors (Lipinski definition) is 3. The fourth-order valence-corrected chi connectivity index (χ4v) is 2.52. The molecular weight excluding hydrogens is 333 g/mol. The minimum absolute atomic E-state index is 0.150. The van der Waals surface area contributed by atoms with E-state index in [1.54, 1.807) is 6.92 Å². The van der Waals surface area contributed by atoms with Crippen LogP contribution in [0, 0.1) is 0 Å². The Hall–Kier alpha value is -1.22. The fourth-order valence-electron chi connectivity index (χ4n) is 1.76. The Morgan fingerprint density at radius 1 is 1.43 bits per heavy atom. The predicted octanol–water partition coefficient (Wildman–Crippen LogP) is 2.46. The second-order valence-electron chi connectivity index (χ2n) is 4.47. The monoisotopic (exact) mass is 346 g/mol. The van der Waals surface area contributed by atoms with Crippen molar-refractivity contribution < 1.29 is 26.4 Å². The molecule has 0 aliphatic rings. The zero-order valence-corrected chi connectivity index (χ0v) is 12.9. The SMILES string of the molecule is CCCn1cc(S(=O)(=O)Cl)cc1C(=O)N(C)CC(F)(F)F. The number of alkyl halides is 3. The van der Waals surface area contributed by atoms with Gasteiger partial charge in [-0.1, -0.05) is 6.92 Å². The van der Waals surface area contributed by atoms with Gasteiger partial charge in [-0.15, -0.1) is 0 Å². The van der Waals surface area contributed by atoms with Crippen LogP contribution < -0.4 is 0 Å². The molecule has 1 heterocycles. The molecular formula is C11H14ClF3N2O3S. The summed E-state index contributed by atoms with van der Waals surface area (Å²) in [4.78, 5) is 12.2. The molecule has 0 aliphatic carbocycles. The van der Waals surface area contributed by atoms with Gasteiger partial charge in [0, 0.05) is 30.5 Å². The highest BCUT2D eigenvalue weighted by molar-refractivity contribution is 8.13. The van der Waals surface area contributed by atoms with Gasteiger partial charge in [-0.3, -0.25) is 4.79 Å². The number of rotatable bonds is 5. The summed E-state index contributed by atoms with van der Waals surface area (Å²) in [6.45, 7) is 0.641. The summed E-state index contributed by atoms with van der Waals surface area (Å²) >= 11 is 0. The van der Waals surface area contributed by atoms with Crippen LogP contribution in [0.1, 0.15) is 23.8 Å². The molecule has 0 fully saturated rings. The summed E-state index contributed by atoms with van der Waals surface area (Å²) in [6, 6.07) is 0.979. The van der Waals surface area contributed by atoms with Crippen molar-refractivity contribution in [2.45, 2.75) is 31.0 Å². The van der Waals surface area contributed by atoms with Crippen molar-refractivity contribution >= 4 is 25.6 Å². The molecule has 0 atom stereocenters. The summed E-state index contributed by atoms with van der Waals surface area (Å²) in [5.74, 6) is -0.924. The van der Waals surface area contributed by atoms with Crippen LogP contribution in [0.25, 0.3) is 0 Å². The lowest BCUT2D eigenvalue weighted by molar-refractivity contribution is -0.138. The van der Waals surface area contributed by atoms with E-state index in [0.29, 0.717) is 11.3 Å². The summed E-state index contributed by atoms with van der Waals surface area (Å²) in [5.41, 5.74) is -0.150. The Labute approximate surface area is 124 Å². The zero-order chi connectivity index (χ0) is 16.4. The fraction of sp³-hybridized carbons (Fsp3) is 0.545. The first kappa shape index (κ1) is 17.8. The molecule has 1 aromatic rings. The number of aryl methyl sites for hydroxylation is 1. The molecule has 0 N–H and O–H groups in total. The Morgan fingerprint density at radius 2 is 2.00 bits per heavy atom. The topological polar surface area (TPSA) is 59.4 Å². The number of halogens is 4. The Kier molecular flexibility index (Phi) is 5.32. The highest BCUT2D eigenvalue weighted by Gasteiger charge is 2.32. The third-order valence-corrected chi connectivity index (χ3v) is 3.92. The molecule has 0 saturated carbocycles. The average Bonchev–Trinajstić information content (AvgIpc) is 2.70. The zero-order valence-electron chi connectivity index (χ0n) is 11.3. The first-order valence-electron chi connectivity index (χ1n) is 5.92. The Morgan fingerprint density at radius 3 is 2.43 bits per heavy atom.